The third-order valence-corrected chi connectivity index (χ3v) is 2.63. The maximum absolute atomic E-state index is 5.48. The highest BCUT2D eigenvalue weighted by atomic mass is 32.1. The summed E-state index contributed by atoms with van der Waals surface area (Å²) in [4.78, 5) is 0.806. The van der Waals surface area contributed by atoms with Crippen LogP contribution in [0.1, 0.15) is 19.2 Å². The van der Waals surface area contributed by atoms with Gasteiger partial charge in [-0.3, -0.25) is 0 Å². The molecule has 0 aliphatic heterocycles. The van der Waals surface area contributed by atoms with E-state index in [1.807, 2.05) is 0 Å². The van der Waals surface area contributed by atoms with E-state index in [0.29, 0.717) is 11.8 Å². The zero-order chi connectivity index (χ0) is 11.2. The second-order valence-corrected chi connectivity index (χ2v) is 4.07. The average molecular weight is 239 g/mol. The second kappa shape index (κ2) is 5.66. The van der Waals surface area contributed by atoms with Crippen LogP contribution in [0, 0.1) is 0 Å². The molecule has 16 heavy (non-hydrogen) atoms. The Morgan fingerprint density at radius 3 is 3.06 bits per heavy atom. The first-order valence-electron chi connectivity index (χ1n) is 5.21. The second-order valence-electron chi connectivity index (χ2n) is 3.28. The van der Waals surface area contributed by atoms with Crippen LogP contribution in [0.2, 0.25) is 0 Å². The molecule has 0 amide bonds. The SMILES string of the molecule is CCCNCCc1nnc(-c2cnns2)o1. The lowest BCUT2D eigenvalue weighted by atomic mass is 10.4. The van der Waals surface area contributed by atoms with Crippen molar-refractivity contribution in [2.75, 3.05) is 13.1 Å². The van der Waals surface area contributed by atoms with Gasteiger partial charge in [-0.25, -0.2) is 0 Å². The van der Waals surface area contributed by atoms with Gasteiger partial charge in [-0.1, -0.05) is 11.4 Å². The van der Waals surface area contributed by atoms with Crippen LogP contribution >= 0.6 is 11.5 Å². The lowest BCUT2D eigenvalue weighted by molar-refractivity contribution is 0.495. The Labute approximate surface area is 97.3 Å². The van der Waals surface area contributed by atoms with E-state index in [1.165, 1.54) is 11.5 Å². The van der Waals surface area contributed by atoms with E-state index in [-0.39, 0.29) is 0 Å². The van der Waals surface area contributed by atoms with E-state index in [2.05, 4.69) is 32.0 Å². The summed E-state index contributed by atoms with van der Waals surface area (Å²) in [5, 5.41) is 14.9. The van der Waals surface area contributed by atoms with Crippen molar-refractivity contribution in [3.8, 4) is 10.8 Å². The zero-order valence-electron chi connectivity index (χ0n) is 9.01. The molecule has 0 fully saturated rings. The van der Waals surface area contributed by atoms with E-state index < -0.39 is 0 Å². The molecule has 0 aromatic carbocycles. The normalized spacial score (nSPS) is 10.8. The van der Waals surface area contributed by atoms with Crippen LogP contribution in [0.25, 0.3) is 10.8 Å². The Bertz CT molecular complexity index is 413. The number of nitrogens with zero attached hydrogens (tertiary/aromatic N) is 4. The van der Waals surface area contributed by atoms with E-state index in [9.17, 15) is 0 Å². The van der Waals surface area contributed by atoms with Gasteiger partial charge in [0.25, 0.3) is 5.89 Å². The molecule has 7 heteroatoms. The maximum atomic E-state index is 5.48. The highest BCUT2D eigenvalue weighted by molar-refractivity contribution is 7.09. The third-order valence-electron chi connectivity index (χ3n) is 1.98. The molecular weight excluding hydrogens is 226 g/mol. The van der Waals surface area contributed by atoms with Gasteiger partial charge in [-0.05, 0) is 24.5 Å². The van der Waals surface area contributed by atoms with Crippen molar-refractivity contribution in [2.45, 2.75) is 19.8 Å². The number of hydrogen-bond donors (Lipinski definition) is 1. The summed E-state index contributed by atoms with van der Waals surface area (Å²) in [6.07, 6.45) is 3.50. The minimum Gasteiger partial charge on any atom is -0.420 e. The van der Waals surface area contributed by atoms with Crippen LogP contribution in [0.4, 0.5) is 0 Å². The van der Waals surface area contributed by atoms with Gasteiger partial charge in [0.1, 0.15) is 4.88 Å². The summed E-state index contributed by atoms with van der Waals surface area (Å²) in [5.41, 5.74) is 0. The van der Waals surface area contributed by atoms with Crippen LogP contribution in [-0.4, -0.2) is 32.9 Å². The van der Waals surface area contributed by atoms with Gasteiger partial charge < -0.3 is 9.73 Å². The lowest BCUT2D eigenvalue weighted by Crippen LogP contribution is -2.17. The third kappa shape index (κ3) is 2.83. The van der Waals surface area contributed by atoms with Gasteiger partial charge in [0, 0.05) is 13.0 Å². The summed E-state index contributed by atoms with van der Waals surface area (Å²) < 4.78 is 9.22. The Hall–Kier alpha value is -1.34. The van der Waals surface area contributed by atoms with Crippen LogP contribution in [0.15, 0.2) is 10.6 Å². The Morgan fingerprint density at radius 1 is 1.38 bits per heavy atom. The van der Waals surface area contributed by atoms with Crippen LogP contribution < -0.4 is 5.32 Å². The Kier molecular flexibility index (Phi) is 3.95. The average Bonchev–Trinajstić information content (AvgIpc) is 2.94. The number of rotatable bonds is 6. The molecule has 2 aromatic heterocycles. The summed E-state index contributed by atoms with van der Waals surface area (Å²) in [6, 6.07) is 0. The molecule has 0 saturated heterocycles. The van der Waals surface area contributed by atoms with E-state index >= 15 is 0 Å². The maximum Gasteiger partial charge on any atom is 0.261 e. The number of aromatic nitrogens is 4. The summed E-state index contributed by atoms with van der Waals surface area (Å²) >= 11 is 1.25. The lowest BCUT2D eigenvalue weighted by Gasteiger charge is -1.98. The zero-order valence-corrected chi connectivity index (χ0v) is 9.83. The first-order chi connectivity index (χ1) is 7.90. The number of nitrogens with one attached hydrogen (secondary N) is 1. The summed E-state index contributed by atoms with van der Waals surface area (Å²) in [6.45, 7) is 4.00. The minimum atomic E-state index is 0.500. The van der Waals surface area contributed by atoms with Crippen molar-refractivity contribution in [1.29, 1.82) is 0 Å². The topological polar surface area (TPSA) is 76.7 Å². The molecular formula is C9H13N5OS. The predicted molar refractivity (Wildman–Crippen MR) is 60.1 cm³/mol. The fourth-order valence-electron chi connectivity index (χ4n) is 1.21. The minimum absolute atomic E-state index is 0.500. The van der Waals surface area contributed by atoms with E-state index in [1.54, 1.807) is 6.20 Å². The monoisotopic (exact) mass is 239 g/mol. The van der Waals surface area contributed by atoms with Gasteiger partial charge in [-0.15, -0.1) is 15.3 Å². The molecule has 0 aliphatic carbocycles. The molecule has 0 aliphatic rings. The van der Waals surface area contributed by atoms with Crippen LogP contribution in [-0.2, 0) is 6.42 Å². The molecule has 0 radical (unpaired) electrons. The van der Waals surface area contributed by atoms with Gasteiger partial charge in [0.2, 0.25) is 5.89 Å². The van der Waals surface area contributed by atoms with Gasteiger partial charge in [0.05, 0.1) is 6.20 Å². The molecule has 0 atom stereocenters. The smallest absolute Gasteiger partial charge is 0.261 e. The molecule has 0 spiro atoms. The van der Waals surface area contributed by atoms with Crippen molar-refractivity contribution in [2.24, 2.45) is 0 Å². The van der Waals surface area contributed by atoms with Crippen molar-refractivity contribution < 1.29 is 4.42 Å². The fourth-order valence-corrected chi connectivity index (χ4v) is 1.65. The molecule has 1 N–H and O–H groups in total. The van der Waals surface area contributed by atoms with E-state index in [0.717, 1.165) is 30.8 Å². The largest absolute Gasteiger partial charge is 0.420 e. The van der Waals surface area contributed by atoms with Crippen LogP contribution in [0.5, 0.6) is 0 Å². The van der Waals surface area contributed by atoms with Crippen molar-refractivity contribution in [3.05, 3.63) is 12.1 Å². The molecule has 2 rings (SSSR count). The summed E-state index contributed by atoms with van der Waals surface area (Å²) in [7, 11) is 0. The molecule has 2 heterocycles. The molecule has 86 valence electrons. The first kappa shape index (κ1) is 11.2. The van der Waals surface area contributed by atoms with Crippen molar-refractivity contribution in [1.82, 2.24) is 25.1 Å². The Morgan fingerprint density at radius 2 is 2.31 bits per heavy atom. The van der Waals surface area contributed by atoms with Gasteiger partial charge in [-0.2, -0.15) is 0 Å². The quantitative estimate of drug-likeness (QED) is 0.761. The highest BCUT2D eigenvalue weighted by Crippen LogP contribution is 2.19. The van der Waals surface area contributed by atoms with E-state index in [4.69, 9.17) is 4.42 Å². The first-order valence-corrected chi connectivity index (χ1v) is 5.98. The van der Waals surface area contributed by atoms with Crippen LogP contribution in [0.3, 0.4) is 0 Å². The molecule has 2 aromatic rings. The van der Waals surface area contributed by atoms with Gasteiger partial charge >= 0.3 is 0 Å². The van der Waals surface area contributed by atoms with Gasteiger partial charge in [0.15, 0.2) is 0 Å². The highest BCUT2D eigenvalue weighted by Gasteiger charge is 2.09. The molecule has 0 bridgehead atoms. The standard InChI is InChI=1S/C9H13N5OS/c1-2-4-10-5-3-8-12-13-9(15-8)7-6-11-14-16-7/h6,10H,2-5H2,1H3. The summed E-state index contributed by atoms with van der Waals surface area (Å²) in [5.74, 6) is 1.15. The molecule has 0 saturated carbocycles. The van der Waals surface area contributed by atoms with Crippen molar-refractivity contribution in [3.63, 3.8) is 0 Å². The fraction of sp³-hybridized carbons (Fsp3) is 0.556. The molecule has 6 nitrogen and oxygen atoms in total. The number of hydrogen-bond acceptors (Lipinski definition) is 7. The predicted octanol–water partition coefficient (Wildman–Crippen LogP) is 1.13. The Balaban J connectivity index is 1.88. The molecule has 0 unspecified atom stereocenters. The van der Waals surface area contributed by atoms with Crippen molar-refractivity contribution >= 4 is 11.5 Å².